The van der Waals surface area contributed by atoms with Gasteiger partial charge in [0.15, 0.2) is 0 Å². The number of hydrogen-bond donors (Lipinski definition) is 0. The molecule has 4 aromatic rings. The monoisotopic (exact) mass is 493 g/mol. The summed E-state index contributed by atoms with van der Waals surface area (Å²) in [6.45, 7) is 7.56. The van der Waals surface area contributed by atoms with Crippen LogP contribution in [0, 0.1) is 6.92 Å². The molecule has 0 spiro atoms. The number of nitrogens with zero attached hydrogens (tertiary/aromatic N) is 3. The highest BCUT2D eigenvalue weighted by molar-refractivity contribution is 5.96. The second-order valence-corrected chi connectivity index (χ2v) is 9.74. The lowest BCUT2D eigenvalue weighted by Gasteiger charge is -2.30. The van der Waals surface area contributed by atoms with Gasteiger partial charge in [-0.2, -0.15) is 0 Å². The van der Waals surface area contributed by atoms with Gasteiger partial charge in [-0.15, -0.1) is 0 Å². The molecular weight excluding hydrogens is 458 g/mol. The van der Waals surface area contributed by atoms with E-state index in [1.807, 2.05) is 105 Å². The minimum atomic E-state index is -0.126. The molecule has 0 unspecified atom stereocenters. The topological polar surface area (TPSA) is 45.6 Å². The van der Waals surface area contributed by atoms with Crippen LogP contribution >= 0.6 is 0 Å². The van der Waals surface area contributed by atoms with Gasteiger partial charge in [0.2, 0.25) is 5.91 Å². The fraction of sp³-hybridized carbons (Fsp3) is 0.250. The number of aromatic nitrogens is 1. The summed E-state index contributed by atoms with van der Waals surface area (Å²) >= 11 is 0. The van der Waals surface area contributed by atoms with Crippen molar-refractivity contribution in [3.63, 3.8) is 0 Å². The van der Waals surface area contributed by atoms with E-state index in [1.54, 1.807) is 4.90 Å². The Morgan fingerprint density at radius 1 is 0.784 bits per heavy atom. The zero-order chi connectivity index (χ0) is 26.2. The second kappa shape index (κ2) is 12.2. The summed E-state index contributed by atoms with van der Waals surface area (Å²) in [7, 11) is 0. The predicted molar refractivity (Wildman–Crippen MR) is 148 cm³/mol. The molecule has 2 amide bonds. The summed E-state index contributed by atoms with van der Waals surface area (Å²) in [5.41, 5.74) is 4.93. The fourth-order valence-electron chi connectivity index (χ4n) is 4.44. The number of benzene rings is 3. The molecule has 0 radical (unpaired) electrons. The van der Waals surface area contributed by atoms with Gasteiger partial charge < -0.3 is 14.4 Å². The first kappa shape index (κ1) is 26.0. The van der Waals surface area contributed by atoms with Crippen LogP contribution in [0.1, 0.15) is 46.6 Å². The van der Waals surface area contributed by atoms with Crippen molar-refractivity contribution in [2.45, 2.75) is 46.4 Å². The number of rotatable bonds is 10. The molecule has 0 aliphatic heterocycles. The van der Waals surface area contributed by atoms with Gasteiger partial charge in [0.25, 0.3) is 5.91 Å². The lowest BCUT2D eigenvalue weighted by molar-refractivity contribution is -0.133. The number of amides is 2. The third kappa shape index (κ3) is 6.98. The maximum Gasteiger partial charge on any atom is 0.254 e. The fourth-order valence-corrected chi connectivity index (χ4v) is 4.44. The first-order valence-corrected chi connectivity index (χ1v) is 12.8. The van der Waals surface area contributed by atoms with Gasteiger partial charge in [0.05, 0.1) is 6.54 Å². The van der Waals surface area contributed by atoms with Gasteiger partial charge in [-0.05, 0) is 56.2 Å². The molecule has 4 rings (SSSR count). The van der Waals surface area contributed by atoms with E-state index < -0.39 is 0 Å². The SMILES string of the molecule is Cc1cccc(C(=O)N(CC(=O)N(Cc2ccccc2)Cc2cccn2Cc2ccccc2)C(C)C)c1. The molecule has 0 aliphatic carbocycles. The number of aryl methyl sites for hydroxylation is 1. The van der Waals surface area contributed by atoms with E-state index in [9.17, 15) is 9.59 Å². The molecule has 0 saturated carbocycles. The lowest BCUT2D eigenvalue weighted by atomic mass is 10.1. The summed E-state index contributed by atoms with van der Waals surface area (Å²) in [5.74, 6) is -0.204. The number of carbonyl (C=O) groups excluding carboxylic acids is 2. The molecule has 0 fully saturated rings. The Hall–Kier alpha value is -4.12. The zero-order valence-electron chi connectivity index (χ0n) is 21.9. The van der Waals surface area contributed by atoms with E-state index in [-0.39, 0.29) is 24.4 Å². The van der Waals surface area contributed by atoms with E-state index in [0.29, 0.717) is 18.7 Å². The van der Waals surface area contributed by atoms with Crippen LogP contribution in [0.15, 0.2) is 103 Å². The van der Waals surface area contributed by atoms with Gasteiger partial charge in [-0.25, -0.2) is 0 Å². The highest BCUT2D eigenvalue weighted by atomic mass is 16.2. The maximum atomic E-state index is 13.8. The van der Waals surface area contributed by atoms with Gasteiger partial charge in [0.1, 0.15) is 6.54 Å². The van der Waals surface area contributed by atoms with Crippen LogP contribution < -0.4 is 0 Å². The molecule has 0 atom stereocenters. The molecule has 37 heavy (non-hydrogen) atoms. The molecular formula is C32H35N3O2. The molecule has 0 N–H and O–H groups in total. The highest BCUT2D eigenvalue weighted by Crippen LogP contribution is 2.16. The van der Waals surface area contributed by atoms with Gasteiger partial charge in [-0.3, -0.25) is 9.59 Å². The van der Waals surface area contributed by atoms with Crippen LogP contribution in [-0.2, 0) is 24.4 Å². The van der Waals surface area contributed by atoms with E-state index in [1.165, 1.54) is 5.56 Å². The Bertz CT molecular complexity index is 1310. The summed E-state index contributed by atoms with van der Waals surface area (Å²) in [5, 5.41) is 0. The molecule has 0 aliphatic rings. The first-order chi connectivity index (χ1) is 17.9. The average molecular weight is 494 g/mol. The van der Waals surface area contributed by atoms with Gasteiger partial charge >= 0.3 is 0 Å². The average Bonchev–Trinajstić information content (AvgIpc) is 3.33. The second-order valence-electron chi connectivity index (χ2n) is 9.74. The van der Waals surface area contributed by atoms with Crippen molar-refractivity contribution in [3.05, 3.63) is 131 Å². The van der Waals surface area contributed by atoms with E-state index in [2.05, 4.69) is 29.0 Å². The predicted octanol–water partition coefficient (Wildman–Crippen LogP) is 5.92. The summed E-state index contributed by atoms with van der Waals surface area (Å²) < 4.78 is 2.18. The largest absolute Gasteiger partial charge is 0.345 e. The van der Waals surface area contributed by atoms with Crippen molar-refractivity contribution in [3.8, 4) is 0 Å². The molecule has 5 heteroatoms. The van der Waals surface area contributed by atoms with Crippen LogP contribution in [0.25, 0.3) is 0 Å². The van der Waals surface area contributed by atoms with Crippen molar-refractivity contribution in [2.75, 3.05) is 6.54 Å². The van der Waals surface area contributed by atoms with Crippen LogP contribution in [0.5, 0.6) is 0 Å². The normalized spacial score (nSPS) is 10.9. The lowest BCUT2D eigenvalue weighted by Crippen LogP contribution is -2.45. The third-order valence-electron chi connectivity index (χ3n) is 6.50. The first-order valence-electron chi connectivity index (χ1n) is 12.8. The Morgan fingerprint density at radius 2 is 1.46 bits per heavy atom. The van der Waals surface area contributed by atoms with Gasteiger partial charge in [-0.1, -0.05) is 78.4 Å². The zero-order valence-corrected chi connectivity index (χ0v) is 21.9. The summed E-state index contributed by atoms with van der Waals surface area (Å²) in [4.78, 5) is 30.7. The standard InChI is InChI=1S/C32H35N3O2/c1-25(2)35(32(37)29-17-10-12-26(3)20-29)24-31(36)34(22-28-15-8-5-9-16-28)23-30-18-11-19-33(30)21-27-13-6-4-7-14-27/h4-20,25H,21-24H2,1-3H3. The Morgan fingerprint density at radius 3 is 2.11 bits per heavy atom. The third-order valence-corrected chi connectivity index (χ3v) is 6.50. The highest BCUT2D eigenvalue weighted by Gasteiger charge is 2.25. The van der Waals surface area contributed by atoms with Crippen LogP contribution in [0.2, 0.25) is 0 Å². The summed E-state index contributed by atoms with van der Waals surface area (Å²) in [6.07, 6.45) is 2.05. The molecule has 3 aromatic carbocycles. The van der Waals surface area contributed by atoms with E-state index >= 15 is 0 Å². The van der Waals surface area contributed by atoms with E-state index in [0.717, 1.165) is 23.4 Å². The van der Waals surface area contributed by atoms with Crippen molar-refractivity contribution < 1.29 is 9.59 Å². The van der Waals surface area contributed by atoms with Crippen molar-refractivity contribution in [1.82, 2.24) is 14.4 Å². The van der Waals surface area contributed by atoms with Crippen LogP contribution in [0.3, 0.4) is 0 Å². The molecule has 190 valence electrons. The summed E-state index contributed by atoms with van der Waals surface area (Å²) in [6, 6.07) is 31.8. The number of hydrogen-bond acceptors (Lipinski definition) is 2. The van der Waals surface area contributed by atoms with E-state index in [4.69, 9.17) is 0 Å². The molecule has 1 aromatic heterocycles. The van der Waals surface area contributed by atoms with Gasteiger partial charge in [0, 0.05) is 36.6 Å². The van der Waals surface area contributed by atoms with Crippen LogP contribution in [-0.4, -0.2) is 38.8 Å². The minimum Gasteiger partial charge on any atom is -0.345 e. The molecule has 0 saturated heterocycles. The Balaban J connectivity index is 1.57. The van der Waals surface area contributed by atoms with Crippen LogP contribution in [0.4, 0.5) is 0 Å². The minimum absolute atomic E-state index is 0.0245. The maximum absolute atomic E-state index is 13.8. The molecule has 5 nitrogen and oxygen atoms in total. The Kier molecular flexibility index (Phi) is 8.57. The van der Waals surface area contributed by atoms with Crippen molar-refractivity contribution >= 4 is 11.8 Å². The smallest absolute Gasteiger partial charge is 0.254 e. The number of carbonyl (C=O) groups is 2. The quantitative estimate of drug-likeness (QED) is 0.275. The van der Waals surface area contributed by atoms with Crippen molar-refractivity contribution in [2.24, 2.45) is 0 Å². The Labute approximate surface area is 220 Å². The molecule has 0 bridgehead atoms. The molecule has 1 heterocycles. The van der Waals surface area contributed by atoms with Crippen molar-refractivity contribution in [1.29, 1.82) is 0 Å².